The molecule has 0 aliphatic carbocycles. The summed E-state index contributed by atoms with van der Waals surface area (Å²) in [5, 5.41) is 2.89. The summed E-state index contributed by atoms with van der Waals surface area (Å²) in [4.78, 5) is 36.0. The molecule has 94 valence electrons. The molecular weight excluding hydrogens is 256 g/mol. The van der Waals surface area contributed by atoms with Crippen LogP contribution in [0.1, 0.15) is 16.8 Å². The summed E-state index contributed by atoms with van der Waals surface area (Å²) in [6.07, 6.45) is -0.125. The van der Waals surface area contributed by atoms with Gasteiger partial charge < -0.3 is 10.2 Å². The van der Waals surface area contributed by atoms with Crippen LogP contribution in [0.2, 0.25) is 5.02 Å². The smallest absolute Gasteiger partial charge is 0.253 e. The number of benzene rings is 1. The minimum atomic E-state index is -0.325. The van der Waals surface area contributed by atoms with Gasteiger partial charge in [-0.15, -0.1) is 0 Å². The van der Waals surface area contributed by atoms with E-state index in [-0.39, 0.29) is 30.6 Å². The van der Waals surface area contributed by atoms with Crippen molar-refractivity contribution in [2.24, 2.45) is 0 Å². The Morgan fingerprint density at radius 1 is 1.39 bits per heavy atom. The highest BCUT2D eigenvalue weighted by atomic mass is 35.5. The van der Waals surface area contributed by atoms with Gasteiger partial charge >= 0.3 is 0 Å². The van der Waals surface area contributed by atoms with Gasteiger partial charge in [-0.3, -0.25) is 14.4 Å². The summed E-state index contributed by atoms with van der Waals surface area (Å²) < 4.78 is 0. The van der Waals surface area contributed by atoms with Crippen LogP contribution in [0.5, 0.6) is 0 Å². The van der Waals surface area contributed by atoms with Gasteiger partial charge in [-0.1, -0.05) is 11.6 Å². The van der Waals surface area contributed by atoms with Crippen molar-refractivity contribution in [2.75, 3.05) is 18.5 Å². The third kappa shape index (κ3) is 2.22. The van der Waals surface area contributed by atoms with Crippen molar-refractivity contribution >= 4 is 34.9 Å². The van der Waals surface area contributed by atoms with E-state index in [0.717, 1.165) is 0 Å². The van der Waals surface area contributed by atoms with Gasteiger partial charge in [0.1, 0.15) is 0 Å². The summed E-state index contributed by atoms with van der Waals surface area (Å²) >= 11 is 5.87. The maximum atomic E-state index is 11.7. The van der Waals surface area contributed by atoms with Crippen LogP contribution in [-0.4, -0.2) is 31.2 Å². The molecule has 0 unspecified atom stereocenters. The molecule has 18 heavy (non-hydrogen) atoms. The molecule has 1 heterocycles. The Balaban J connectivity index is 2.48. The highest BCUT2D eigenvalue weighted by Crippen LogP contribution is 2.27. The third-order valence-corrected chi connectivity index (χ3v) is 2.94. The molecule has 6 heteroatoms. The molecule has 1 aliphatic heterocycles. The van der Waals surface area contributed by atoms with E-state index in [2.05, 4.69) is 5.32 Å². The number of anilines is 1. The lowest BCUT2D eigenvalue weighted by atomic mass is 10.1. The minimum Gasteiger partial charge on any atom is -0.355 e. The predicted molar refractivity (Wildman–Crippen MR) is 66.8 cm³/mol. The van der Waals surface area contributed by atoms with Crippen molar-refractivity contribution in [2.45, 2.75) is 6.42 Å². The minimum absolute atomic E-state index is 0.0107. The Bertz CT molecular complexity index is 542. The number of hydrogen-bond acceptors (Lipinski definition) is 3. The molecule has 1 N–H and O–H groups in total. The first-order chi connectivity index (χ1) is 8.52. The van der Waals surface area contributed by atoms with Gasteiger partial charge in [0.25, 0.3) is 5.91 Å². The van der Waals surface area contributed by atoms with Crippen LogP contribution in [-0.2, 0) is 9.59 Å². The highest BCUT2D eigenvalue weighted by Gasteiger charge is 2.31. The SMILES string of the molecule is CNC(=O)c1ccc(Cl)cc1N1CC(=O)CC1=O. The van der Waals surface area contributed by atoms with Crippen LogP contribution in [0, 0.1) is 0 Å². The first-order valence-corrected chi connectivity index (χ1v) is 5.74. The second-order valence-corrected chi connectivity index (χ2v) is 4.37. The quantitative estimate of drug-likeness (QED) is 0.813. The number of carbonyl (C=O) groups excluding carboxylic acids is 3. The van der Waals surface area contributed by atoms with Crippen molar-refractivity contribution in [3.8, 4) is 0 Å². The molecule has 1 aliphatic rings. The molecule has 0 atom stereocenters. The van der Waals surface area contributed by atoms with E-state index in [4.69, 9.17) is 11.6 Å². The molecule has 1 saturated heterocycles. The van der Waals surface area contributed by atoms with E-state index in [0.29, 0.717) is 16.3 Å². The molecular formula is C12H11ClN2O3. The zero-order chi connectivity index (χ0) is 13.3. The number of ketones is 1. The Hall–Kier alpha value is -1.88. The average molecular weight is 267 g/mol. The predicted octanol–water partition coefficient (Wildman–Crippen LogP) is 1.01. The van der Waals surface area contributed by atoms with Crippen LogP contribution < -0.4 is 10.2 Å². The fourth-order valence-electron chi connectivity index (χ4n) is 1.86. The highest BCUT2D eigenvalue weighted by molar-refractivity contribution is 6.31. The summed E-state index contributed by atoms with van der Waals surface area (Å²) in [6, 6.07) is 4.62. The monoisotopic (exact) mass is 266 g/mol. The average Bonchev–Trinajstić information content (AvgIpc) is 2.67. The molecule has 0 bridgehead atoms. The van der Waals surface area contributed by atoms with Crippen molar-refractivity contribution in [3.63, 3.8) is 0 Å². The van der Waals surface area contributed by atoms with E-state index in [9.17, 15) is 14.4 Å². The summed E-state index contributed by atoms with van der Waals surface area (Å²) in [6.45, 7) is -0.0107. The second-order valence-electron chi connectivity index (χ2n) is 3.94. The van der Waals surface area contributed by atoms with E-state index in [1.54, 1.807) is 6.07 Å². The molecule has 5 nitrogen and oxygen atoms in total. The number of nitrogens with one attached hydrogen (secondary N) is 1. The number of Topliss-reactive ketones (excluding diaryl/α,β-unsaturated/α-hetero) is 1. The van der Waals surface area contributed by atoms with Crippen LogP contribution >= 0.6 is 11.6 Å². The van der Waals surface area contributed by atoms with Crippen molar-refractivity contribution < 1.29 is 14.4 Å². The molecule has 2 amide bonds. The Labute approximate surface area is 109 Å². The topological polar surface area (TPSA) is 66.5 Å². The number of nitrogens with zero attached hydrogens (tertiary/aromatic N) is 1. The lowest BCUT2D eigenvalue weighted by Crippen LogP contribution is -2.28. The molecule has 1 aromatic carbocycles. The summed E-state index contributed by atoms with van der Waals surface area (Å²) in [5.41, 5.74) is 0.697. The maximum absolute atomic E-state index is 11.7. The largest absolute Gasteiger partial charge is 0.355 e. The molecule has 0 aromatic heterocycles. The van der Waals surface area contributed by atoms with Gasteiger partial charge in [0.15, 0.2) is 5.78 Å². The Morgan fingerprint density at radius 2 is 2.11 bits per heavy atom. The molecule has 1 aromatic rings. The van der Waals surface area contributed by atoms with Gasteiger partial charge in [0.05, 0.1) is 24.2 Å². The summed E-state index contributed by atoms with van der Waals surface area (Å²) in [7, 11) is 1.50. The first kappa shape index (κ1) is 12.6. The maximum Gasteiger partial charge on any atom is 0.253 e. The number of rotatable bonds is 2. The standard InChI is InChI=1S/C12H11ClN2O3/c1-14-12(18)9-3-2-7(13)4-10(9)15-6-8(16)5-11(15)17/h2-4H,5-6H2,1H3,(H,14,18). The number of halogens is 1. The van der Waals surface area contributed by atoms with Crippen LogP contribution in [0.3, 0.4) is 0 Å². The van der Waals surface area contributed by atoms with Crippen molar-refractivity contribution in [1.29, 1.82) is 0 Å². The van der Waals surface area contributed by atoms with Gasteiger partial charge in [0, 0.05) is 12.1 Å². The van der Waals surface area contributed by atoms with Crippen molar-refractivity contribution in [1.82, 2.24) is 5.32 Å². The zero-order valence-corrected chi connectivity index (χ0v) is 10.5. The fourth-order valence-corrected chi connectivity index (χ4v) is 2.03. The fraction of sp³-hybridized carbons (Fsp3) is 0.250. The van der Waals surface area contributed by atoms with Crippen LogP contribution in [0.4, 0.5) is 5.69 Å². The zero-order valence-electron chi connectivity index (χ0n) is 9.70. The Kier molecular flexibility index (Phi) is 3.34. The van der Waals surface area contributed by atoms with Gasteiger partial charge in [-0.05, 0) is 18.2 Å². The van der Waals surface area contributed by atoms with Crippen molar-refractivity contribution in [3.05, 3.63) is 28.8 Å². The molecule has 0 saturated carbocycles. The Morgan fingerprint density at radius 3 is 2.67 bits per heavy atom. The van der Waals surface area contributed by atoms with Gasteiger partial charge in [-0.25, -0.2) is 0 Å². The third-order valence-electron chi connectivity index (χ3n) is 2.71. The van der Waals surface area contributed by atoms with Crippen LogP contribution in [0.15, 0.2) is 18.2 Å². The number of amides is 2. The number of carbonyl (C=O) groups is 3. The lowest BCUT2D eigenvalue weighted by molar-refractivity contribution is -0.121. The van der Waals surface area contributed by atoms with Crippen LogP contribution in [0.25, 0.3) is 0 Å². The van der Waals surface area contributed by atoms with Gasteiger partial charge in [-0.2, -0.15) is 0 Å². The van der Waals surface area contributed by atoms with E-state index < -0.39 is 0 Å². The van der Waals surface area contributed by atoms with E-state index in [1.807, 2.05) is 0 Å². The molecule has 1 fully saturated rings. The summed E-state index contributed by atoms with van der Waals surface area (Å²) in [5.74, 6) is -0.802. The molecule has 0 radical (unpaired) electrons. The second kappa shape index (κ2) is 4.78. The van der Waals surface area contributed by atoms with E-state index in [1.165, 1.54) is 24.1 Å². The lowest BCUT2D eigenvalue weighted by Gasteiger charge is -2.18. The normalized spacial score (nSPS) is 15.1. The number of hydrogen-bond donors (Lipinski definition) is 1. The molecule has 0 spiro atoms. The molecule has 2 rings (SSSR count). The van der Waals surface area contributed by atoms with E-state index >= 15 is 0 Å². The first-order valence-electron chi connectivity index (χ1n) is 5.36. The van der Waals surface area contributed by atoms with Gasteiger partial charge in [0.2, 0.25) is 5.91 Å².